The van der Waals surface area contributed by atoms with Gasteiger partial charge in [-0.2, -0.15) is 0 Å². The molecule has 1 aromatic heterocycles. The van der Waals surface area contributed by atoms with Crippen molar-refractivity contribution < 1.29 is 4.74 Å². The molecule has 2 aromatic rings. The summed E-state index contributed by atoms with van der Waals surface area (Å²) < 4.78 is 7.67. The molecule has 0 radical (unpaired) electrons. The number of ether oxygens (including phenoxy) is 1. The van der Waals surface area contributed by atoms with Crippen molar-refractivity contribution in [2.45, 2.75) is 16.5 Å². The third kappa shape index (κ3) is 2.48. The normalized spacial score (nSPS) is 13.4. The van der Waals surface area contributed by atoms with Gasteiger partial charge in [0.1, 0.15) is 5.75 Å². The molecular formula is C11H10BrN3OS2. The molecule has 0 saturated heterocycles. The summed E-state index contributed by atoms with van der Waals surface area (Å²) in [4.78, 5) is 0. The number of hydrogen-bond donors (Lipinski definition) is 1. The van der Waals surface area contributed by atoms with Crippen molar-refractivity contribution in [1.82, 2.24) is 10.2 Å². The van der Waals surface area contributed by atoms with Crippen molar-refractivity contribution in [3.63, 3.8) is 0 Å². The van der Waals surface area contributed by atoms with Gasteiger partial charge in [0.15, 0.2) is 4.34 Å². The lowest BCUT2D eigenvalue weighted by atomic mass is 10.1. The Morgan fingerprint density at radius 1 is 1.44 bits per heavy atom. The van der Waals surface area contributed by atoms with Crippen molar-refractivity contribution in [2.75, 3.05) is 12.3 Å². The van der Waals surface area contributed by atoms with Gasteiger partial charge in [0, 0.05) is 22.2 Å². The topological polar surface area (TPSA) is 61.0 Å². The Kier molecular flexibility index (Phi) is 3.45. The molecule has 0 spiro atoms. The van der Waals surface area contributed by atoms with E-state index in [0.717, 1.165) is 33.3 Å². The van der Waals surface area contributed by atoms with E-state index < -0.39 is 0 Å². The summed E-state index contributed by atoms with van der Waals surface area (Å²) in [6.07, 6.45) is 0.984. The third-order valence-corrected chi connectivity index (χ3v) is 4.99. The van der Waals surface area contributed by atoms with Crippen molar-refractivity contribution in [3.05, 3.63) is 27.7 Å². The first-order chi connectivity index (χ1) is 8.72. The van der Waals surface area contributed by atoms with Crippen LogP contribution in [-0.4, -0.2) is 16.8 Å². The quantitative estimate of drug-likeness (QED) is 0.867. The molecule has 4 nitrogen and oxygen atoms in total. The number of hydrogen-bond acceptors (Lipinski definition) is 6. The van der Waals surface area contributed by atoms with Crippen molar-refractivity contribution in [2.24, 2.45) is 0 Å². The Morgan fingerprint density at radius 2 is 2.33 bits per heavy atom. The van der Waals surface area contributed by atoms with Gasteiger partial charge in [0.2, 0.25) is 5.13 Å². The summed E-state index contributed by atoms with van der Waals surface area (Å²) >= 11 is 6.58. The van der Waals surface area contributed by atoms with Crippen LogP contribution in [0.25, 0.3) is 0 Å². The number of rotatable bonds is 3. The van der Waals surface area contributed by atoms with E-state index in [-0.39, 0.29) is 0 Å². The van der Waals surface area contributed by atoms with E-state index in [1.807, 2.05) is 0 Å². The Bertz CT molecular complexity index is 588. The van der Waals surface area contributed by atoms with E-state index in [4.69, 9.17) is 10.5 Å². The molecule has 0 amide bonds. The molecule has 0 fully saturated rings. The number of anilines is 1. The van der Waals surface area contributed by atoms with Gasteiger partial charge in [-0.05, 0) is 17.7 Å². The number of fused-ring (bicyclic) bond motifs is 1. The van der Waals surface area contributed by atoms with Crippen LogP contribution < -0.4 is 10.5 Å². The smallest absolute Gasteiger partial charge is 0.203 e. The van der Waals surface area contributed by atoms with E-state index in [1.165, 1.54) is 22.5 Å². The molecule has 0 unspecified atom stereocenters. The highest BCUT2D eigenvalue weighted by atomic mass is 79.9. The number of aromatic nitrogens is 2. The summed E-state index contributed by atoms with van der Waals surface area (Å²) in [5.74, 6) is 1.85. The van der Waals surface area contributed by atoms with Gasteiger partial charge in [-0.15, -0.1) is 10.2 Å². The van der Waals surface area contributed by atoms with E-state index in [0.29, 0.717) is 5.13 Å². The summed E-state index contributed by atoms with van der Waals surface area (Å²) in [6, 6.07) is 4.22. The first kappa shape index (κ1) is 12.3. The largest absolute Gasteiger partial charge is 0.493 e. The Labute approximate surface area is 121 Å². The molecule has 1 aromatic carbocycles. The maximum atomic E-state index is 5.69. The van der Waals surface area contributed by atoms with Crippen molar-refractivity contribution >= 4 is 44.2 Å². The standard InChI is InChI=1S/C11H10BrN3OS2/c12-8-3-6-1-2-16-9(6)7(4-8)5-17-11-15-14-10(13)18-11/h3-4H,1-2,5H2,(H2,13,14). The average Bonchev–Trinajstić information content (AvgIpc) is 2.94. The first-order valence-corrected chi connectivity index (χ1v) is 7.98. The number of halogens is 1. The second-order valence-corrected chi connectivity index (χ2v) is 6.99. The van der Waals surface area contributed by atoms with Crippen LogP contribution in [0.15, 0.2) is 20.9 Å². The van der Waals surface area contributed by atoms with Gasteiger partial charge >= 0.3 is 0 Å². The van der Waals surface area contributed by atoms with E-state index >= 15 is 0 Å². The second kappa shape index (κ2) is 5.07. The zero-order chi connectivity index (χ0) is 12.5. The molecule has 2 heterocycles. The molecule has 7 heteroatoms. The minimum Gasteiger partial charge on any atom is -0.493 e. The zero-order valence-corrected chi connectivity index (χ0v) is 12.6. The molecule has 3 rings (SSSR count). The van der Waals surface area contributed by atoms with Gasteiger partial charge < -0.3 is 10.5 Å². The molecule has 94 valence electrons. The first-order valence-electron chi connectivity index (χ1n) is 5.38. The number of thioether (sulfide) groups is 1. The van der Waals surface area contributed by atoms with Gasteiger partial charge in [0.05, 0.1) is 6.61 Å². The SMILES string of the molecule is Nc1nnc(SCc2cc(Br)cc3c2OCC3)s1. The van der Waals surface area contributed by atoms with Gasteiger partial charge in [-0.3, -0.25) is 0 Å². The summed E-state index contributed by atoms with van der Waals surface area (Å²) in [7, 11) is 0. The van der Waals surface area contributed by atoms with Crippen LogP contribution in [0.5, 0.6) is 5.75 Å². The van der Waals surface area contributed by atoms with E-state index in [1.54, 1.807) is 11.8 Å². The average molecular weight is 344 g/mol. The van der Waals surface area contributed by atoms with Crippen LogP contribution >= 0.6 is 39.0 Å². The van der Waals surface area contributed by atoms with Crippen LogP contribution in [0, 0.1) is 0 Å². The second-order valence-electron chi connectivity index (χ2n) is 3.85. The van der Waals surface area contributed by atoms with Gasteiger partial charge in [-0.1, -0.05) is 39.0 Å². The van der Waals surface area contributed by atoms with Gasteiger partial charge in [0.25, 0.3) is 0 Å². The maximum Gasteiger partial charge on any atom is 0.203 e. The summed E-state index contributed by atoms with van der Waals surface area (Å²) in [5, 5.41) is 8.31. The lowest BCUT2D eigenvalue weighted by Crippen LogP contribution is -1.90. The number of benzene rings is 1. The highest BCUT2D eigenvalue weighted by molar-refractivity contribution is 9.10. The fourth-order valence-electron chi connectivity index (χ4n) is 1.87. The maximum absolute atomic E-state index is 5.69. The molecule has 0 aliphatic carbocycles. The van der Waals surface area contributed by atoms with Crippen LogP contribution in [0.2, 0.25) is 0 Å². The minimum atomic E-state index is 0.508. The summed E-state index contributed by atoms with van der Waals surface area (Å²) in [5.41, 5.74) is 8.03. The molecule has 1 aliphatic heterocycles. The van der Waals surface area contributed by atoms with E-state index in [2.05, 4.69) is 38.3 Å². The number of nitrogen functional groups attached to an aromatic ring is 1. The highest BCUT2D eigenvalue weighted by Crippen LogP contribution is 2.37. The van der Waals surface area contributed by atoms with Crippen molar-refractivity contribution in [3.8, 4) is 5.75 Å². The lowest BCUT2D eigenvalue weighted by Gasteiger charge is -2.07. The molecule has 18 heavy (non-hydrogen) atoms. The zero-order valence-electron chi connectivity index (χ0n) is 9.35. The van der Waals surface area contributed by atoms with Crippen LogP contribution in [0.4, 0.5) is 5.13 Å². The summed E-state index contributed by atoms with van der Waals surface area (Å²) in [6.45, 7) is 0.773. The fourth-order valence-corrected chi connectivity index (χ4v) is 4.03. The Morgan fingerprint density at radius 3 is 3.11 bits per heavy atom. The number of nitrogens with zero attached hydrogens (tertiary/aromatic N) is 2. The lowest BCUT2D eigenvalue weighted by molar-refractivity contribution is 0.354. The van der Waals surface area contributed by atoms with Crippen LogP contribution in [0.1, 0.15) is 11.1 Å². The van der Waals surface area contributed by atoms with Gasteiger partial charge in [-0.25, -0.2) is 0 Å². The monoisotopic (exact) mass is 343 g/mol. The molecular weight excluding hydrogens is 334 g/mol. The predicted octanol–water partition coefficient (Wildman–Crippen LogP) is 3.11. The van der Waals surface area contributed by atoms with Crippen LogP contribution in [0.3, 0.4) is 0 Å². The Balaban J connectivity index is 1.80. The number of nitrogens with two attached hydrogens (primary N) is 1. The minimum absolute atomic E-state index is 0.508. The van der Waals surface area contributed by atoms with Crippen LogP contribution in [-0.2, 0) is 12.2 Å². The third-order valence-electron chi connectivity index (χ3n) is 2.60. The molecule has 0 saturated carbocycles. The molecule has 0 bridgehead atoms. The highest BCUT2D eigenvalue weighted by Gasteiger charge is 2.17. The van der Waals surface area contributed by atoms with Crippen molar-refractivity contribution in [1.29, 1.82) is 0 Å². The molecule has 2 N–H and O–H groups in total. The molecule has 1 aliphatic rings. The van der Waals surface area contributed by atoms with E-state index in [9.17, 15) is 0 Å². The Hall–Kier alpha value is -0.790. The molecule has 0 atom stereocenters. The fraction of sp³-hybridized carbons (Fsp3) is 0.273. The predicted molar refractivity (Wildman–Crippen MR) is 77.2 cm³/mol.